The summed E-state index contributed by atoms with van der Waals surface area (Å²) < 4.78 is 5.55. The quantitative estimate of drug-likeness (QED) is 0.762. The molecule has 2 aromatic carbocycles. The number of carbonyl (C=O) groups is 2. The molecule has 6 nitrogen and oxygen atoms in total. The molecule has 0 aliphatic carbocycles. The van der Waals surface area contributed by atoms with E-state index in [-0.39, 0.29) is 18.4 Å². The highest BCUT2D eigenvalue weighted by Crippen LogP contribution is 2.18. The van der Waals surface area contributed by atoms with Crippen LogP contribution in [0.15, 0.2) is 48.5 Å². The van der Waals surface area contributed by atoms with Crippen LogP contribution in [0.5, 0.6) is 5.75 Å². The molecule has 0 aliphatic heterocycles. The normalized spacial score (nSPS) is 10.3. The molecule has 0 radical (unpaired) electrons. The number of nitrogens with zero attached hydrogens (tertiary/aromatic N) is 1. The number of likely N-dealkylation sites (N-methyl/N-ethyl adjacent to an activating group) is 1. The van der Waals surface area contributed by atoms with Gasteiger partial charge in [0.05, 0.1) is 0 Å². The summed E-state index contributed by atoms with van der Waals surface area (Å²) in [5.74, 6) is 0.246. The third-order valence-corrected chi connectivity index (χ3v) is 4.02. The second-order valence-corrected chi connectivity index (χ2v) is 5.74. The number of amides is 2. The summed E-state index contributed by atoms with van der Waals surface area (Å²) in [4.78, 5) is 26.0. The van der Waals surface area contributed by atoms with Gasteiger partial charge in [0, 0.05) is 37.0 Å². The molecule has 138 valence electrons. The molecule has 0 fully saturated rings. The fourth-order valence-electron chi connectivity index (χ4n) is 2.47. The van der Waals surface area contributed by atoms with Gasteiger partial charge >= 0.3 is 0 Å². The Morgan fingerprint density at radius 3 is 2.38 bits per heavy atom. The van der Waals surface area contributed by atoms with Crippen LogP contribution in [0.25, 0.3) is 0 Å². The number of hydrogen-bond acceptors (Lipinski definition) is 4. The lowest BCUT2D eigenvalue weighted by molar-refractivity contribution is -0.132. The molecule has 0 bridgehead atoms. The van der Waals surface area contributed by atoms with Gasteiger partial charge < -0.3 is 20.7 Å². The predicted molar refractivity (Wildman–Crippen MR) is 102 cm³/mol. The minimum Gasteiger partial charge on any atom is -0.484 e. The highest BCUT2D eigenvalue weighted by atomic mass is 16.5. The van der Waals surface area contributed by atoms with Gasteiger partial charge in [-0.3, -0.25) is 9.59 Å². The molecule has 0 unspecified atom stereocenters. The number of ether oxygens (including phenoxy) is 1. The van der Waals surface area contributed by atoms with Gasteiger partial charge in [-0.05, 0) is 43.7 Å². The van der Waals surface area contributed by atoms with Crippen molar-refractivity contribution in [2.45, 2.75) is 20.4 Å². The van der Waals surface area contributed by atoms with Crippen molar-refractivity contribution < 1.29 is 14.3 Å². The van der Waals surface area contributed by atoms with Crippen molar-refractivity contribution in [2.24, 2.45) is 5.73 Å². The largest absolute Gasteiger partial charge is 0.484 e. The lowest BCUT2D eigenvalue weighted by atomic mass is 10.1. The minimum atomic E-state index is -0.218. The van der Waals surface area contributed by atoms with Crippen LogP contribution in [-0.2, 0) is 11.3 Å². The Kier molecular flexibility index (Phi) is 7.17. The lowest BCUT2D eigenvalue weighted by Crippen LogP contribution is -2.34. The van der Waals surface area contributed by atoms with Gasteiger partial charge in [-0.25, -0.2) is 0 Å². The number of anilines is 1. The Bertz CT molecular complexity index is 740. The average molecular weight is 355 g/mol. The van der Waals surface area contributed by atoms with Crippen molar-refractivity contribution in [1.29, 1.82) is 0 Å². The van der Waals surface area contributed by atoms with Crippen LogP contribution in [-0.4, -0.2) is 36.4 Å². The zero-order valence-corrected chi connectivity index (χ0v) is 15.2. The van der Waals surface area contributed by atoms with Gasteiger partial charge in [-0.1, -0.05) is 18.2 Å². The van der Waals surface area contributed by atoms with E-state index in [0.717, 1.165) is 5.56 Å². The molecule has 0 aromatic heterocycles. The van der Waals surface area contributed by atoms with Crippen molar-refractivity contribution in [3.8, 4) is 5.75 Å². The summed E-state index contributed by atoms with van der Waals surface area (Å²) in [6, 6.07) is 14.1. The number of rotatable bonds is 8. The van der Waals surface area contributed by atoms with E-state index < -0.39 is 0 Å². The first-order valence-corrected chi connectivity index (χ1v) is 8.68. The molecule has 0 aliphatic rings. The van der Waals surface area contributed by atoms with Crippen LogP contribution in [0.1, 0.15) is 29.8 Å². The highest BCUT2D eigenvalue weighted by molar-refractivity contribution is 6.04. The van der Waals surface area contributed by atoms with Gasteiger partial charge in [0.2, 0.25) is 0 Å². The molecule has 0 spiro atoms. The maximum atomic E-state index is 12.3. The summed E-state index contributed by atoms with van der Waals surface area (Å²) >= 11 is 0. The molecule has 2 aromatic rings. The molecule has 3 N–H and O–H groups in total. The molecule has 6 heteroatoms. The molecular weight excluding hydrogens is 330 g/mol. The SMILES string of the molecule is CCN(CC)C(=O)COc1cccc(NC(=O)c2ccc(CN)cc2)c1. The topological polar surface area (TPSA) is 84.7 Å². The molecule has 2 rings (SSSR count). The van der Waals surface area contributed by atoms with Crippen molar-refractivity contribution in [3.05, 3.63) is 59.7 Å². The van der Waals surface area contributed by atoms with E-state index in [9.17, 15) is 9.59 Å². The molecular formula is C20H25N3O3. The van der Waals surface area contributed by atoms with Crippen LogP contribution in [0.2, 0.25) is 0 Å². The predicted octanol–water partition coefficient (Wildman–Crippen LogP) is 2.64. The van der Waals surface area contributed by atoms with Crippen molar-refractivity contribution in [3.63, 3.8) is 0 Å². The van der Waals surface area contributed by atoms with Crippen LogP contribution in [0.3, 0.4) is 0 Å². The Morgan fingerprint density at radius 2 is 1.77 bits per heavy atom. The highest BCUT2D eigenvalue weighted by Gasteiger charge is 2.11. The third kappa shape index (κ3) is 5.32. The Labute approximate surface area is 153 Å². The van der Waals surface area contributed by atoms with Gasteiger partial charge in [-0.2, -0.15) is 0 Å². The van der Waals surface area contributed by atoms with E-state index in [4.69, 9.17) is 10.5 Å². The van der Waals surface area contributed by atoms with Crippen molar-refractivity contribution in [1.82, 2.24) is 4.90 Å². The zero-order valence-electron chi connectivity index (χ0n) is 15.2. The Balaban J connectivity index is 1.97. The first-order chi connectivity index (χ1) is 12.6. The Morgan fingerprint density at radius 1 is 1.08 bits per heavy atom. The first kappa shape index (κ1) is 19.5. The van der Waals surface area contributed by atoms with E-state index in [0.29, 0.717) is 36.6 Å². The second-order valence-electron chi connectivity index (χ2n) is 5.74. The summed E-state index contributed by atoms with van der Waals surface area (Å²) in [5, 5.41) is 2.82. The molecule has 0 atom stereocenters. The molecule has 2 amide bonds. The summed E-state index contributed by atoms with van der Waals surface area (Å²) in [6.07, 6.45) is 0. The smallest absolute Gasteiger partial charge is 0.260 e. The second kappa shape index (κ2) is 9.58. The molecule has 0 saturated heterocycles. The van der Waals surface area contributed by atoms with E-state index in [2.05, 4.69) is 5.32 Å². The van der Waals surface area contributed by atoms with Gasteiger partial charge in [0.15, 0.2) is 6.61 Å². The van der Waals surface area contributed by atoms with E-state index >= 15 is 0 Å². The first-order valence-electron chi connectivity index (χ1n) is 8.68. The number of nitrogens with one attached hydrogen (secondary N) is 1. The van der Waals surface area contributed by atoms with Crippen LogP contribution < -0.4 is 15.8 Å². The summed E-state index contributed by atoms with van der Waals surface area (Å²) in [5.41, 5.74) is 7.68. The van der Waals surface area contributed by atoms with E-state index in [1.807, 2.05) is 26.0 Å². The maximum Gasteiger partial charge on any atom is 0.260 e. The van der Waals surface area contributed by atoms with Crippen LogP contribution >= 0.6 is 0 Å². The van der Waals surface area contributed by atoms with Gasteiger partial charge in [0.25, 0.3) is 11.8 Å². The van der Waals surface area contributed by atoms with E-state index in [1.54, 1.807) is 41.3 Å². The molecule has 0 heterocycles. The zero-order chi connectivity index (χ0) is 18.9. The monoisotopic (exact) mass is 355 g/mol. The number of hydrogen-bond donors (Lipinski definition) is 2. The Hall–Kier alpha value is -2.86. The fourth-order valence-corrected chi connectivity index (χ4v) is 2.47. The summed E-state index contributed by atoms with van der Waals surface area (Å²) in [6.45, 7) is 5.57. The summed E-state index contributed by atoms with van der Waals surface area (Å²) in [7, 11) is 0. The number of benzene rings is 2. The minimum absolute atomic E-state index is 0.0281. The van der Waals surface area contributed by atoms with Crippen LogP contribution in [0.4, 0.5) is 5.69 Å². The maximum absolute atomic E-state index is 12.3. The van der Waals surface area contributed by atoms with Crippen molar-refractivity contribution in [2.75, 3.05) is 25.0 Å². The van der Waals surface area contributed by atoms with Gasteiger partial charge in [0.1, 0.15) is 5.75 Å². The average Bonchev–Trinajstić information content (AvgIpc) is 2.67. The standard InChI is InChI=1S/C20H25N3O3/c1-3-23(4-2)19(24)14-26-18-7-5-6-17(12-18)22-20(25)16-10-8-15(13-21)9-11-16/h5-12H,3-4,13-14,21H2,1-2H3,(H,22,25). The van der Waals surface area contributed by atoms with Gasteiger partial charge in [-0.15, -0.1) is 0 Å². The third-order valence-electron chi connectivity index (χ3n) is 4.02. The van der Waals surface area contributed by atoms with Crippen molar-refractivity contribution >= 4 is 17.5 Å². The van der Waals surface area contributed by atoms with Crippen LogP contribution in [0, 0.1) is 0 Å². The lowest BCUT2D eigenvalue weighted by Gasteiger charge is -2.18. The fraction of sp³-hybridized carbons (Fsp3) is 0.300. The van der Waals surface area contributed by atoms with E-state index in [1.165, 1.54) is 0 Å². The number of nitrogens with two attached hydrogens (primary N) is 1. The molecule has 0 saturated carbocycles. The number of carbonyl (C=O) groups excluding carboxylic acids is 2. The molecule has 26 heavy (non-hydrogen) atoms.